The molecule has 3 aromatic heterocycles. The molecule has 1 saturated heterocycles. The van der Waals surface area contributed by atoms with Crippen LogP contribution in [0.3, 0.4) is 0 Å². The molecule has 0 radical (unpaired) electrons. The molecule has 0 atom stereocenters. The van der Waals surface area contributed by atoms with Crippen molar-refractivity contribution < 1.29 is 27.2 Å². The standard InChI is InChI=1S/C34H34N4O6S/c39-30(37-15-18-43-19-16-37)21-38-28-20-25(34(40)36-45(41,42)29-10-4-8-24-9-5-14-35-32(24)29)11-12-27(28)31(23-6-2-1-3-7-23)33(38)26-13-17-44-22-26/h4-5,8-14,17,20,22-23H,1-3,6-7,15-16,18-19,21H2,(H,36,40). The van der Waals surface area contributed by atoms with E-state index in [1.165, 1.54) is 18.7 Å². The molecule has 45 heavy (non-hydrogen) atoms. The van der Waals surface area contributed by atoms with Crippen molar-refractivity contribution in [2.24, 2.45) is 0 Å². The van der Waals surface area contributed by atoms with E-state index in [9.17, 15) is 18.0 Å². The van der Waals surface area contributed by atoms with Gasteiger partial charge < -0.3 is 18.6 Å². The van der Waals surface area contributed by atoms with Crippen LogP contribution in [0.15, 0.2) is 82.6 Å². The van der Waals surface area contributed by atoms with Crippen LogP contribution in [0.5, 0.6) is 0 Å². The number of nitrogens with zero attached hydrogens (tertiary/aromatic N) is 3. The number of furan rings is 1. The average molecular weight is 627 g/mol. The molecule has 0 unspecified atom stereocenters. The molecule has 7 rings (SSSR count). The molecular formula is C34H34N4O6S. The van der Waals surface area contributed by atoms with E-state index in [1.54, 1.807) is 53.8 Å². The van der Waals surface area contributed by atoms with Gasteiger partial charge in [-0.25, -0.2) is 13.1 Å². The third-order valence-corrected chi connectivity index (χ3v) is 10.3. The zero-order chi connectivity index (χ0) is 31.0. The van der Waals surface area contributed by atoms with E-state index >= 15 is 0 Å². The number of hydrogen-bond acceptors (Lipinski definition) is 7. The van der Waals surface area contributed by atoms with Crippen LogP contribution in [0, 0.1) is 0 Å². The first-order valence-corrected chi connectivity index (χ1v) is 16.8. The molecule has 5 aromatic rings. The Bertz CT molecular complexity index is 1980. The number of aromatic nitrogens is 2. The van der Waals surface area contributed by atoms with Crippen LogP contribution in [-0.2, 0) is 26.1 Å². The van der Waals surface area contributed by atoms with Gasteiger partial charge in [-0.05, 0) is 54.7 Å². The van der Waals surface area contributed by atoms with Crippen molar-refractivity contribution >= 4 is 43.6 Å². The summed E-state index contributed by atoms with van der Waals surface area (Å²) < 4.78 is 42.1. The van der Waals surface area contributed by atoms with Crippen molar-refractivity contribution in [3.63, 3.8) is 0 Å². The largest absolute Gasteiger partial charge is 0.472 e. The lowest BCUT2D eigenvalue weighted by atomic mass is 9.82. The van der Waals surface area contributed by atoms with E-state index in [2.05, 4.69) is 9.71 Å². The van der Waals surface area contributed by atoms with Crippen molar-refractivity contribution in [1.82, 2.24) is 19.2 Å². The van der Waals surface area contributed by atoms with Crippen molar-refractivity contribution in [2.75, 3.05) is 26.3 Å². The van der Waals surface area contributed by atoms with Crippen molar-refractivity contribution in [3.05, 3.63) is 84.4 Å². The molecule has 2 aromatic carbocycles. The number of carbonyl (C=O) groups excluding carboxylic acids is 2. The number of fused-ring (bicyclic) bond motifs is 2. The number of rotatable bonds is 7. The second kappa shape index (κ2) is 12.1. The molecule has 0 bridgehead atoms. The Labute approximate surface area is 261 Å². The number of hydrogen-bond donors (Lipinski definition) is 1. The number of carbonyl (C=O) groups is 2. The molecule has 11 heteroatoms. The summed E-state index contributed by atoms with van der Waals surface area (Å²) >= 11 is 0. The number of amides is 2. The van der Waals surface area contributed by atoms with Gasteiger partial charge in [-0.1, -0.05) is 43.5 Å². The van der Waals surface area contributed by atoms with Gasteiger partial charge in [0.15, 0.2) is 0 Å². The monoisotopic (exact) mass is 626 g/mol. The maximum atomic E-state index is 13.7. The van der Waals surface area contributed by atoms with E-state index in [-0.39, 0.29) is 34.3 Å². The van der Waals surface area contributed by atoms with E-state index in [0.717, 1.165) is 47.9 Å². The maximum absolute atomic E-state index is 13.7. The van der Waals surface area contributed by atoms with Gasteiger partial charge in [-0.2, -0.15) is 0 Å². The Balaban J connectivity index is 1.32. The Hall–Kier alpha value is -4.48. The Morgan fingerprint density at radius 1 is 0.978 bits per heavy atom. The first-order valence-electron chi connectivity index (χ1n) is 15.4. The van der Waals surface area contributed by atoms with Gasteiger partial charge in [0.1, 0.15) is 11.4 Å². The number of sulfonamides is 1. The molecule has 1 aliphatic carbocycles. The van der Waals surface area contributed by atoms with Crippen LogP contribution in [-0.4, -0.2) is 61.0 Å². The first-order chi connectivity index (χ1) is 21.9. The molecule has 2 aliphatic rings. The van der Waals surface area contributed by atoms with Gasteiger partial charge in [-0.15, -0.1) is 0 Å². The summed E-state index contributed by atoms with van der Waals surface area (Å²) in [4.78, 5) is 33.2. The van der Waals surface area contributed by atoms with E-state index in [1.807, 2.05) is 16.7 Å². The SMILES string of the molecule is O=C(NS(=O)(=O)c1cccc2cccnc12)c1ccc2c(C3CCCCC3)c(-c3ccoc3)n(CC(=O)N3CCOCC3)c2c1. The maximum Gasteiger partial charge on any atom is 0.266 e. The minimum Gasteiger partial charge on any atom is -0.472 e. The Morgan fingerprint density at radius 3 is 2.56 bits per heavy atom. The molecular weight excluding hydrogens is 592 g/mol. The number of para-hydroxylation sites is 1. The molecule has 232 valence electrons. The average Bonchev–Trinajstić information content (AvgIpc) is 3.71. The Kier molecular flexibility index (Phi) is 7.88. The fourth-order valence-electron chi connectivity index (χ4n) is 6.77. The van der Waals surface area contributed by atoms with Crippen LogP contribution in [0.25, 0.3) is 33.1 Å². The number of pyridine rings is 1. The van der Waals surface area contributed by atoms with Crippen molar-refractivity contribution in [1.29, 1.82) is 0 Å². The number of nitrogens with one attached hydrogen (secondary N) is 1. The molecule has 1 N–H and O–H groups in total. The second-order valence-corrected chi connectivity index (χ2v) is 13.3. The predicted molar refractivity (Wildman–Crippen MR) is 169 cm³/mol. The highest BCUT2D eigenvalue weighted by molar-refractivity contribution is 7.90. The summed E-state index contributed by atoms with van der Waals surface area (Å²) in [5.74, 6) is -0.526. The smallest absolute Gasteiger partial charge is 0.266 e. The van der Waals surface area contributed by atoms with Crippen LogP contribution in [0.1, 0.15) is 53.9 Å². The molecule has 0 spiro atoms. The molecule has 10 nitrogen and oxygen atoms in total. The summed E-state index contributed by atoms with van der Waals surface area (Å²) in [6.45, 7) is 2.08. The number of benzene rings is 2. The molecule has 2 fully saturated rings. The van der Waals surface area contributed by atoms with Gasteiger partial charge in [0.05, 0.1) is 42.5 Å². The summed E-state index contributed by atoms with van der Waals surface area (Å²) in [5.41, 5.74) is 4.06. The Morgan fingerprint density at radius 2 is 1.78 bits per heavy atom. The highest BCUT2D eigenvalue weighted by Crippen LogP contribution is 2.44. The highest BCUT2D eigenvalue weighted by Gasteiger charge is 2.30. The fourth-order valence-corrected chi connectivity index (χ4v) is 7.93. The predicted octanol–water partition coefficient (Wildman–Crippen LogP) is 5.47. The third-order valence-electron chi connectivity index (χ3n) is 8.94. The van der Waals surface area contributed by atoms with Gasteiger partial charge >= 0.3 is 0 Å². The topological polar surface area (TPSA) is 124 Å². The third kappa shape index (κ3) is 5.62. The normalized spacial score (nSPS) is 16.3. The highest BCUT2D eigenvalue weighted by atomic mass is 32.2. The molecule has 4 heterocycles. The lowest BCUT2D eigenvalue weighted by Gasteiger charge is -2.27. The van der Waals surface area contributed by atoms with Gasteiger partial charge in [-0.3, -0.25) is 14.6 Å². The second-order valence-electron chi connectivity index (χ2n) is 11.7. The minimum absolute atomic E-state index is 0.0453. The quantitative estimate of drug-likeness (QED) is 0.254. The summed E-state index contributed by atoms with van der Waals surface area (Å²) in [6.07, 6.45) is 10.3. The molecule has 1 aliphatic heterocycles. The minimum atomic E-state index is -4.24. The van der Waals surface area contributed by atoms with Crippen LogP contribution in [0.2, 0.25) is 0 Å². The summed E-state index contributed by atoms with van der Waals surface area (Å²) in [7, 11) is -4.24. The van der Waals surface area contributed by atoms with E-state index < -0.39 is 15.9 Å². The number of morpholine rings is 1. The summed E-state index contributed by atoms with van der Waals surface area (Å²) in [6, 6.07) is 15.5. The molecule has 2 amide bonds. The molecule has 1 saturated carbocycles. The van der Waals surface area contributed by atoms with Crippen molar-refractivity contribution in [2.45, 2.75) is 49.5 Å². The van der Waals surface area contributed by atoms with Crippen LogP contribution >= 0.6 is 0 Å². The lowest BCUT2D eigenvalue weighted by molar-refractivity contribution is -0.135. The van der Waals surface area contributed by atoms with E-state index in [4.69, 9.17) is 9.15 Å². The van der Waals surface area contributed by atoms with Gasteiger partial charge in [0.25, 0.3) is 15.9 Å². The summed E-state index contributed by atoms with van der Waals surface area (Å²) in [5, 5.41) is 1.60. The van der Waals surface area contributed by atoms with Gasteiger partial charge in [0, 0.05) is 41.2 Å². The van der Waals surface area contributed by atoms with E-state index in [0.29, 0.717) is 37.2 Å². The lowest BCUT2D eigenvalue weighted by Crippen LogP contribution is -2.42. The number of ether oxygens (including phenoxy) is 1. The zero-order valence-corrected chi connectivity index (χ0v) is 25.6. The van der Waals surface area contributed by atoms with Crippen molar-refractivity contribution in [3.8, 4) is 11.3 Å². The van der Waals surface area contributed by atoms with Crippen LogP contribution < -0.4 is 4.72 Å². The van der Waals surface area contributed by atoms with Crippen LogP contribution in [0.4, 0.5) is 0 Å². The zero-order valence-electron chi connectivity index (χ0n) is 24.8. The first kappa shape index (κ1) is 29.2. The van der Waals surface area contributed by atoms with Gasteiger partial charge in [0.2, 0.25) is 5.91 Å². The fraction of sp³-hybridized carbons (Fsp3) is 0.324.